The Bertz CT molecular complexity index is 622. The van der Waals surface area contributed by atoms with Crippen LogP contribution < -0.4 is 5.32 Å². The third-order valence-electron chi connectivity index (χ3n) is 2.50. The first kappa shape index (κ1) is 13.2. The number of anilines is 1. The predicted molar refractivity (Wildman–Crippen MR) is 76.4 cm³/mol. The van der Waals surface area contributed by atoms with Gasteiger partial charge < -0.3 is 10.1 Å². The third kappa shape index (κ3) is 2.97. The van der Waals surface area contributed by atoms with Gasteiger partial charge in [-0.2, -0.15) is 5.10 Å². The summed E-state index contributed by atoms with van der Waals surface area (Å²) in [5.74, 6) is -0.414. The second kappa shape index (κ2) is 5.62. The van der Waals surface area contributed by atoms with Gasteiger partial charge in [0.15, 0.2) is 5.11 Å². The Morgan fingerprint density at radius 2 is 2.11 bits per heavy atom. The first-order chi connectivity index (χ1) is 9.11. The van der Waals surface area contributed by atoms with Gasteiger partial charge in [-0.3, -0.25) is 0 Å². The fraction of sp³-hybridized carbons (Fsp3) is 0.154. The summed E-state index contributed by atoms with van der Waals surface area (Å²) in [6.07, 6.45) is 1.76. The van der Waals surface area contributed by atoms with Crippen molar-refractivity contribution in [1.29, 1.82) is 0 Å². The number of hydrogen-bond donors (Lipinski definition) is 1. The molecule has 1 heterocycles. The minimum absolute atomic E-state index is 0.393. The molecule has 0 spiro atoms. The van der Waals surface area contributed by atoms with Crippen LogP contribution in [0.25, 0.3) is 0 Å². The van der Waals surface area contributed by atoms with Gasteiger partial charge in [0.05, 0.1) is 24.1 Å². The zero-order chi connectivity index (χ0) is 13.8. The monoisotopic (exact) mass is 275 g/mol. The number of hydrogen-bond acceptors (Lipinski definition) is 4. The fourth-order valence-corrected chi connectivity index (χ4v) is 1.79. The molecule has 5 nitrogen and oxygen atoms in total. The number of ether oxygens (including phenoxy) is 1. The largest absolute Gasteiger partial charge is 0.465 e. The van der Waals surface area contributed by atoms with Gasteiger partial charge in [0.1, 0.15) is 0 Å². The van der Waals surface area contributed by atoms with E-state index in [-0.39, 0.29) is 0 Å². The lowest BCUT2D eigenvalue weighted by atomic mass is 10.2. The Labute approximate surface area is 116 Å². The van der Waals surface area contributed by atoms with Crippen LogP contribution in [0.1, 0.15) is 16.1 Å². The van der Waals surface area contributed by atoms with Crippen LogP contribution in [0.15, 0.2) is 36.5 Å². The smallest absolute Gasteiger partial charge is 0.339 e. The van der Waals surface area contributed by atoms with E-state index in [1.165, 1.54) is 7.11 Å². The number of aromatic nitrogens is 2. The molecular weight excluding hydrogens is 262 g/mol. The first-order valence-corrected chi connectivity index (χ1v) is 6.03. The van der Waals surface area contributed by atoms with Gasteiger partial charge in [-0.15, -0.1) is 0 Å². The van der Waals surface area contributed by atoms with Crippen molar-refractivity contribution in [3.05, 3.63) is 47.8 Å². The number of methoxy groups -OCH3 is 1. The van der Waals surface area contributed by atoms with Gasteiger partial charge in [0.2, 0.25) is 0 Å². The van der Waals surface area contributed by atoms with E-state index in [2.05, 4.69) is 10.4 Å². The van der Waals surface area contributed by atoms with E-state index in [1.807, 2.05) is 19.1 Å². The molecule has 0 atom stereocenters. The fourth-order valence-electron chi connectivity index (χ4n) is 1.58. The summed E-state index contributed by atoms with van der Waals surface area (Å²) < 4.78 is 6.26. The van der Waals surface area contributed by atoms with E-state index < -0.39 is 5.97 Å². The zero-order valence-corrected chi connectivity index (χ0v) is 11.4. The molecule has 0 saturated carbocycles. The van der Waals surface area contributed by atoms with Crippen LogP contribution in [0.3, 0.4) is 0 Å². The maximum absolute atomic E-state index is 11.6. The molecule has 2 rings (SSSR count). The highest BCUT2D eigenvalue weighted by Gasteiger charge is 2.12. The van der Waals surface area contributed by atoms with Crippen molar-refractivity contribution >= 4 is 29.0 Å². The van der Waals surface area contributed by atoms with E-state index in [0.29, 0.717) is 16.4 Å². The minimum Gasteiger partial charge on any atom is -0.465 e. The van der Waals surface area contributed by atoms with Gasteiger partial charge in [-0.25, -0.2) is 9.48 Å². The number of esters is 1. The summed E-state index contributed by atoms with van der Waals surface area (Å²) in [5, 5.41) is 7.58. The van der Waals surface area contributed by atoms with Crippen LogP contribution in [0.4, 0.5) is 5.69 Å². The first-order valence-electron chi connectivity index (χ1n) is 5.63. The van der Waals surface area contributed by atoms with Gasteiger partial charge in [0, 0.05) is 6.20 Å². The number of rotatable bonds is 2. The summed E-state index contributed by atoms with van der Waals surface area (Å²) in [7, 11) is 1.34. The lowest BCUT2D eigenvalue weighted by Crippen LogP contribution is -2.21. The van der Waals surface area contributed by atoms with Crippen molar-refractivity contribution in [3.8, 4) is 0 Å². The maximum atomic E-state index is 11.6. The predicted octanol–water partition coefficient (Wildman–Crippen LogP) is 2.22. The van der Waals surface area contributed by atoms with E-state index >= 15 is 0 Å². The maximum Gasteiger partial charge on any atom is 0.339 e. The molecular formula is C13H13N3O2S. The number of carbonyl (C=O) groups is 1. The summed E-state index contributed by atoms with van der Waals surface area (Å²) in [5.41, 5.74) is 1.88. The van der Waals surface area contributed by atoms with Crippen LogP contribution >= 0.6 is 12.2 Å². The summed E-state index contributed by atoms with van der Waals surface area (Å²) in [4.78, 5) is 11.6. The van der Waals surface area contributed by atoms with E-state index in [0.717, 1.165) is 5.69 Å². The molecule has 2 aromatic rings. The molecule has 98 valence electrons. The standard InChI is InChI=1S/C13H13N3O2S/c1-9-7-8-16(15-9)13(19)14-11-6-4-3-5-10(11)12(17)18-2/h3-8H,1-2H3,(H,14,19). The average Bonchev–Trinajstić information content (AvgIpc) is 2.85. The zero-order valence-electron chi connectivity index (χ0n) is 10.6. The number of thiocarbonyl (C=S) groups is 1. The van der Waals surface area contributed by atoms with Crippen molar-refractivity contribution in [2.24, 2.45) is 0 Å². The molecule has 0 bridgehead atoms. The van der Waals surface area contributed by atoms with Crippen LogP contribution in [-0.2, 0) is 4.74 Å². The summed E-state index contributed by atoms with van der Waals surface area (Å²) in [6.45, 7) is 1.88. The Kier molecular flexibility index (Phi) is 3.91. The molecule has 1 N–H and O–H groups in total. The number of nitrogens with one attached hydrogen (secondary N) is 1. The topological polar surface area (TPSA) is 56.1 Å². The van der Waals surface area contributed by atoms with Crippen molar-refractivity contribution in [2.75, 3.05) is 12.4 Å². The van der Waals surface area contributed by atoms with Crippen molar-refractivity contribution in [3.63, 3.8) is 0 Å². The number of nitrogens with zero attached hydrogens (tertiary/aromatic N) is 2. The van der Waals surface area contributed by atoms with Crippen molar-refractivity contribution in [1.82, 2.24) is 9.78 Å². The summed E-state index contributed by atoms with van der Waals surface area (Å²) >= 11 is 5.24. The van der Waals surface area contributed by atoms with E-state index in [9.17, 15) is 4.79 Å². The van der Waals surface area contributed by atoms with Crippen molar-refractivity contribution in [2.45, 2.75) is 6.92 Å². The SMILES string of the molecule is COC(=O)c1ccccc1NC(=S)n1ccc(C)n1. The van der Waals surface area contributed by atoms with Crippen molar-refractivity contribution < 1.29 is 9.53 Å². The Morgan fingerprint density at radius 1 is 1.37 bits per heavy atom. The van der Waals surface area contributed by atoms with E-state index in [1.54, 1.807) is 29.1 Å². The Hall–Kier alpha value is -2.21. The highest BCUT2D eigenvalue weighted by Crippen LogP contribution is 2.16. The lowest BCUT2D eigenvalue weighted by molar-refractivity contribution is 0.0602. The average molecular weight is 275 g/mol. The van der Waals surface area contributed by atoms with E-state index in [4.69, 9.17) is 17.0 Å². The second-order valence-electron chi connectivity index (χ2n) is 3.87. The Morgan fingerprint density at radius 3 is 2.74 bits per heavy atom. The van der Waals surface area contributed by atoms with Crippen LogP contribution in [-0.4, -0.2) is 28.0 Å². The molecule has 0 radical (unpaired) electrons. The molecule has 0 aliphatic rings. The molecule has 1 aromatic carbocycles. The lowest BCUT2D eigenvalue weighted by Gasteiger charge is -2.11. The van der Waals surface area contributed by atoms with Gasteiger partial charge >= 0.3 is 5.97 Å². The van der Waals surface area contributed by atoms with Gasteiger partial charge in [0.25, 0.3) is 0 Å². The number of benzene rings is 1. The number of aryl methyl sites for hydroxylation is 1. The van der Waals surface area contributed by atoms with Gasteiger partial charge in [-0.1, -0.05) is 12.1 Å². The molecule has 0 unspecified atom stereocenters. The molecule has 0 aliphatic heterocycles. The molecule has 0 amide bonds. The molecule has 1 aromatic heterocycles. The third-order valence-corrected chi connectivity index (χ3v) is 2.79. The van der Waals surface area contributed by atoms with Gasteiger partial charge in [-0.05, 0) is 37.3 Å². The van der Waals surface area contributed by atoms with Crippen LogP contribution in [0, 0.1) is 6.92 Å². The second-order valence-corrected chi connectivity index (χ2v) is 4.26. The highest BCUT2D eigenvalue weighted by atomic mass is 32.1. The molecule has 0 aliphatic carbocycles. The summed E-state index contributed by atoms with van der Waals surface area (Å²) in [6, 6.07) is 8.85. The normalized spacial score (nSPS) is 10.0. The molecule has 0 fully saturated rings. The molecule has 6 heteroatoms. The Balaban J connectivity index is 2.24. The minimum atomic E-state index is -0.414. The quantitative estimate of drug-likeness (QED) is 0.673. The highest BCUT2D eigenvalue weighted by molar-refractivity contribution is 7.80. The van der Waals surface area contributed by atoms with Crippen LogP contribution in [0.2, 0.25) is 0 Å². The molecule has 19 heavy (non-hydrogen) atoms. The number of para-hydroxylation sites is 1. The number of carbonyl (C=O) groups excluding carboxylic acids is 1. The van der Waals surface area contributed by atoms with Crippen LogP contribution in [0.5, 0.6) is 0 Å². The molecule has 0 saturated heterocycles.